The van der Waals surface area contributed by atoms with Gasteiger partial charge in [-0.15, -0.1) is 0 Å². The van der Waals surface area contributed by atoms with Crippen molar-refractivity contribution in [2.75, 3.05) is 4.72 Å². The lowest BCUT2D eigenvalue weighted by Gasteiger charge is -2.35. The van der Waals surface area contributed by atoms with Crippen LogP contribution in [-0.2, 0) is 20.5 Å². The van der Waals surface area contributed by atoms with Crippen LogP contribution in [0, 0.1) is 11.2 Å². The Morgan fingerprint density at radius 2 is 1.69 bits per heavy atom. The van der Waals surface area contributed by atoms with Gasteiger partial charge >= 0.3 is 11.9 Å². The van der Waals surface area contributed by atoms with Gasteiger partial charge in [0.25, 0.3) is 0 Å². The topological polar surface area (TPSA) is 128 Å². The highest BCUT2D eigenvalue weighted by molar-refractivity contribution is 7.86. The van der Waals surface area contributed by atoms with E-state index in [-0.39, 0.29) is 40.0 Å². The molecule has 2 N–H and O–H groups in total. The second-order valence-corrected chi connectivity index (χ2v) is 12.1. The lowest BCUT2D eigenvalue weighted by Crippen LogP contribution is -2.35. The Kier molecular flexibility index (Phi) is 9.17. The molecule has 1 aromatic heterocycles. The lowest BCUT2D eigenvalue weighted by molar-refractivity contribution is -0.155. The largest absolute Gasteiger partial charge is 0.485 e. The first kappa shape index (κ1) is 29.2. The monoisotopic (exact) mass is 523 g/mol. The molecule has 1 atom stereocenters. The third-order valence-electron chi connectivity index (χ3n) is 4.92. The normalized spacial score (nSPS) is 13.1. The van der Waals surface area contributed by atoms with E-state index in [0.717, 1.165) is 18.5 Å². The van der Waals surface area contributed by atoms with Crippen molar-refractivity contribution in [1.29, 1.82) is 0 Å². The first-order valence-corrected chi connectivity index (χ1v) is 12.6. The zero-order valence-electron chi connectivity index (χ0n) is 21.7. The Morgan fingerprint density at radius 1 is 1.08 bits per heavy atom. The molecule has 198 valence electrons. The summed E-state index contributed by atoms with van der Waals surface area (Å²) < 4.78 is 41.2. The van der Waals surface area contributed by atoms with E-state index in [1.54, 1.807) is 0 Å². The van der Waals surface area contributed by atoms with Crippen molar-refractivity contribution in [2.24, 2.45) is 5.41 Å². The van der Waals surface area contributed by atoms with E-state index in [1.165, 1.54) is 12.1 Å². The lowest BCUT2D eigenvalue weighted by atomic mass is 9.78. The molecule has 0 bridgehead atoms. The number of carboxylic acids is 1. The van der Waals surface area contributed by atoms with E-state index in [1.807, 2.05) is 48.5 Å². The van der Waals surface area contributed by atoms with Crippen molar-refractivity contribution in [3.8, 4) is 5.75 Å². The van der Waals surface area contributed by atoms with Crippen molar-refractivity contribution in [3.63, 3.8) is 0 Å². The Balaban J connectivity index is 2.00. The van der Waals surface area contributed by atoms with Gasteiger partial charge in [-0.2, -0.15) is 0 Å². The van der Waals surface area contributed by atoms with E-state index in [4.69, 9.17) is 14.6 Å². The van der Waals surface area contributed by atoms with Crippen LogP contribution in [0.2, 0.25) is 0 Å². The average Bonchev–Trinajstić information content (AvgIpc) is 2.72. The number of nitrogens with one attached hydrogen (secondary N) is 1. The van der Waals surface area contributed by atoms with Crippen LogP contribution in [0.1, 0.15) is 78.1 Å². The van der Waals surface area contributed by atoms with Gasteiger partial charge in [-0.05, 0) is 71.1 Å². The van der Waals surface area contributed by atoms with E-state index >= 15 is 0 Å². The number of aromatic nitrogens is 2. The SMILES string of the molecule is CC(C)(CCC(=O)OC(C)(C)C)CC(C)(C)Oc1ccc(S(=O)Nc2ncc(C(=O)O)cn2)cc1F. The van der Waals surface area contributed by atoms with Crippen LogP contribution < -0.4 is 9.46 Å². The molecule has 2 rings (SSSR count). The smallest absolute Gasteiger partial charge is 0.338 e. The fraction of sp³-hybridized carbons (Fsp3) is 0.520. The second kappa shape index (κ2) is 11.3. The van der Waals surface area contributed by atoms with Gasteiger partial charge in [0.1, 0.15) is 11.2 Å². The van der Waals surface area contributed by atoms with Crippen molar-refractivity contribution in [2.45, 2.75) is 83.8 Å². The minimum absolute atomic E-state index is 0.00533. The van der Waals surface area contributed by atoms with Crippen molar-refractivity contribution < 1.29 is 32.8 Å². The molecule has 0 aliphatic rings. The first-order valence-electron chi connectivity index (χ1n) is 11.4. The standard InChI is InChI=1S/C25H34FN3O6S/c1-23(2,3)35-20(30)10-11-24(4,5)15-25(6,7)34-19-9-8-17(12-18(19)26)36(33)29-22-27-13-16(14-28-22)21(31)32/h8-9,12-14H,10-11,15H2,1-7H3,(H,31,32)(H,27,28,29). The maximum Gasteiger partial charge on any atom is 0.338 e. The van der Waals surface area contributed by atoms with Crippen LogP contribution in [-0.4, -0.2) is 42.4 Å². The number of aromatic carboxylic acids is 1. The molecule has 1 aromatic carbocycles. The number of carbonyl (C=O) groups excluding carboxylic acids is 1. The maximum absolute atomic E-state index is 14.8. The molecule has 0 saturated carbocycles. The van der Waals surface area contributed by atoms with Crippen molar-refractivity contribution in [3.05, 3.63) is 42.0 Å². The Bertz CT molecular complexity index is 1110. The predicted molar refractivity (Wildman–Crippen MR) is 134 cm³/mol. The molecule has 1 heterocycles. The zero-order valence-corrected chi connectivity index (χ0v) is 22.5. The number of anilines is 1. The third-order valence-corrected chi connectivity index (χ3v) is 5.97. The molecule has 1 unspecified atom stereocenters. The number of hydrogen-bond donors (Lipinski definition) is 2. The van der Waals surface area contributed by atoms with Crippen LogP contribution >= 0.6 is 0 Å². The van der Waals surface area contributed by atoms with Crippen LogP contribution in [0.4, 0.5) is 10.3 Å². The molecule has 0 aliphatic heterocycles. The van der Waals surface area contributed by atoms with Gasteiger partial charge in [0, 0.05) is 18.8 Å². The first-order chi connectivity index (χ1) is 16.5. The van der Waals surface area contributed by atoms with Gasteiger partial charge in [0.2, 0.25) is 5.95 Å². The van der Waals surface area contributed by atoms with Crippen LogP contribution in [0.5, 0.6) is 5.75 Å². The molecule has 0 spiro atoms. The highest BCUT2D eigenvalue weighted by Crippen LogP contribution is 2.36. The predicted octanol–water partition coefficient (Wildman–Crippen LogP) is 5.14. The number of esters is 1. The molecular weight excluding hydrogens is 489 g/mol. The molecular formula is C25H34FN3O6S. The summed E-state index contributed by atoms with van der Waals surface area (Å²) in [5.74, 6) is -2.19. The highest BCUT2D eigenvalue weighted by Gasteiger charge is 2.32. The van der Waals surface area contributed by atoms with E-state index in [0.29, 0.717) is 12.8 Å². The fourth-order valence-corrected chi connectivity index (χ4v) is 4.51. The number of ether oxygens (including phenoxy) is 2. The Hall–Kier alpha value is -3.08. The fourth-order valence-electron chi connectivity index (χ4n) is 3.72. The summed E-state index contributed by atoms with van der Waals surface area (Å²) in [4.78, 5) is 30.7. The number of benzene rings is 1. The van der Waals surface area contributed by atoms with Crippen molar-refractivity contribution in [1.82, 2.24) is 9.97 Å². The molecule has 0 aliphatic carbocycles. The molecule has 0 radical (unpaired) electrons. The van der Waals surface area contributed by atoms with Gasteiger partial charge in [-0.1, -0.05) is 13.8 Å². The quantitative estimate of drug-likeness (QED) is 0.387. The summed E-state index contributed by atoms with van der Waals surface area (Å²) in [6.07, 6.45) is 3.54. The van der Waals surface area contributed by atoms with Gasteiger partial charge in [-0.25, -0.2) is 23.4 Å². The number of rotatable bonds is 11. The summed E-state index contributed by atoms with van der Waals surface area (Å²) in [5, 5.41) is 8.89. The number of carbonyl (C=O) groups is 2. The zero-order chi connectivity index (χ0) is 27.3. The Morgan fingerprint density at radius 3 is 2.22 bits per heavy atom. The molecule has 9 nitrogen and oxygen atoms in total. The van der Waals surface area contributed by atoms with Gasteiger partial charge < -0.3 is 14.6 Å². The molecule has 11 heteroatoms. The van der Waals surface area contributed by atoms with E-state index in [9.17, 15) is 18.2 Å². The van der Waals surface area contributed by atoms with Crippen LogP contribution in [0.3, 0.4) is 0 Å². The molecule has 0 saturated heterocycles. The van der Waals surface area contributed by atoms with Gasteiger partial charge in [-0.3, -0.25) is 9.52 Å². The van der Waals surface area contributed by atoms with Gasteiger partial charge in [0.15, 0.2) is 22.6 Å². The molecule has 2 aromatic rings. The Labute approximate surface area is 213 Å². The summed E-state index contributed by atoms with van der Waals surface area (Å²) in [6.45, 7) is 13.2. The van der Waals surface area contributed by atoms with Crippen LogP contribution in [0.15, 0.2) is 35.5 Å². The van der Waals surface area contributed by atoms with Gasteiger partial charge in [0.05, 0.1) is 10.5 Å². The summed E-state index contributed by atoms with van der Waals surface area (Å²) in [5.41, 5.74) is -1.69. The number of nitrogens with zero attached hydrogens (tertiary/aromatic N) is 2. The van der Waals surface area contributed by atoms with E-state index < -0.39 is 34.0 Å². The molecule has 36 heavy (non-hydrogen) atoms. The summed E-state index contributed by atoms with van der Waals surface area (Å²) >= 11 is 0. The van der Waals surface area contributed by atoms with Crippen LogP contribution in [0.25, 0.3) is 0 Å². The van der Waals surface area contributed by atoms with E-state index in [2.05, 4.69) is 14.7 Å². The number of hydrogen-bond acceptors (Lipinski definition) is 7. The van der Waals surface area contributed by atoms with Crippen molar-refractivity contribution >= 4 is 28.9 Å². The second-order valence-electron chi connectivity index (χ2n) is 10.9. The molecule has 0 fully saturated rings. The maximum atomic E-state index is 14.8. The average molecular weight is 524 g/mol. The highest BCUT2D eigenvalue weighted by atomic mass is 32.2. The minimum atomic E-state index is -1.89. The third kappa shape index (κ3) is 9.52. The number of halogens is 1. The summed E-state index contributed by atoms with van der Waals surface area (Å²) in [7, 11) is -1.89. The minimum Gasteiger partial charge on any atom is -0.485 e. The summed E-state index contributed by atoms with van der Waals surface area (Å²) in [6, 6.07) is 3.94. The number of carboxylic acid groups (broad SMARTS) is 1. The molecule has 0 amide bonds.